The summed E-state index contributed by atoms with van der Waals surface area (Å²) in [5.41, 5.74) is 0.607. The Morgan fingerprint density at radius 2 is 2.27 bits per heavy atom. The Morgan fingerprint density at radius 3 is 3.00 bits per heavy atom. The molecule has 0 saturated heterocycles. The molecule has 0 fully saturated rings. The summed E-state index contributed by atoms with van der Waals surface area (Å²) in [4.78, 5) is 14.6. The van der Waals surface area contributed by atoms with Crippen LogP contribution in [0.15, 0.2) is 39.5 Å². The molecular formula is C13H8ClN3O4S. The minimum absolute atomic E-state index is 0.0455. The Morgan fingerprint density at radius 1 is 1.41 bits per heavy atom. The number of aromatic nitrogens is 2. The standard InChI is InChI=1S/C13H8ClN3O4S/c14-9-1-2-11(10(5-9)17(18)19)20-6-12-15-13(21-16-12)8-3-4-22-7-8/h1-5,7H,6H2. The minimum atomic E-state index is -0.561. The van der Waals surface area contributed by atoms with E-state index in [1.807, 2.05) is 16.8 Å². The average Bonchev–Trinajstić information content (AvgIpc) is 3.16. The van der Waals surface area contributed by atoms with Crippen molar-refractivity contribution in [2.75, 3.05) is 0 Å². The zero-order valence-electron chi connectivity index (χ0n) is 10.9. The highest BCUT2D eigenvalue weighted by atomic mass is 35.5. The van der Waals surface area contributed by atoms with Crippen LogP contribution in [0.4, 0.5) is 5.69 Å². The molecule has 0 N–H and O–H groups in total. The Balaban J connectivity index is 1.74. The molecule has 0 aliphatic carbocycles. The van der Waals surface area contributed by atoms with Gasteiger partial charge in [-0.25, -0.2) is 0 Å². The number of nitrogens with zero attached hydrogens (tertiary/aromatic N) is 3. The normalized spacial score (nSPS) is 10.6. The van der Waals surface area contributed by atoms with Gasteiger partial charge in [0, 0.05) is 16.5 Å². The fraction of sp³-hybridized carbons (Fsp3) is 0.0769. The van der Waals surface area contributed by atoms with Gasteiger partial charge in [0.15, 0.2) is 12.4 Å². The molecule has 1 aromatic carbocycles. The van der Waals surface area contributed by atoms with Gasteiger partial charge in [0.1, 0.15) is 0 Å². The van der Waals surface area contributed by atoms with Crippen molar-refractivity contribution in [2.24, 2.45) is 0 Å². The van der Waals surface area contributed by atoms with Crippen molar-refractivity contribution in [3.8, 4) is 17.2 Å². The molecule has 0 aliphatic heterocycles. The first kappa shape index (κ1) is 14.5. The van der Waals surface area contributed by atoms with Crippen LogP contribution in [0.1, 0.15) is 5.82 Å². The number of benzene rings is 1. The topological polar surface area (TPSA) is 91.3 Å². The van der Waals surface area contributed by atoms with Gasteiger partial charge in [0.05, 0.1) is 10.5 Å². The fourth-order valence-electron chi connectivity index (χ4n) is 1.71. The first-order valence-corrected chi connectivity index (χ1v) is 7.37. The third kappa shape index (κ3) is 3.07. The number of hydrogen-bond acceptors (Lipinski definition) is 7. The quantitative estimate of drug-likeness (QED) is 0.517. The van der Waals surface area contributed by atoms with Gasteiger partial charge in [-0.15, -0.1) is 0 Å². The Kier molecular flexibility index (Phi) is 4.03. The maximum Gasteiger partial charge on any atom is 0.312 e. The maximum atomic E-state index is 11.0. The van der Waals surface area contributed by atoms with Crippen molar-refractivity contribution in [3.63, 3.8) is 0 Å². The molecule has 0 amide bonds. The van der Waals surface area contributed by atoms with Crippen LogP contribution in [-0.2, 0) is 6.61 Å². The van der Waals surface area contributed by atoms with Gasteiger partial charge in [-0.2, -0.15) is 16.3 Å². The molecule has 0 aliphatic rings. The van der Waals surface area contributed by atoms with Crippen LogP contribution < -0.4 is 4.74 Å². The van der Waals surface area contributed by atoms with Crippen molar-refractivity contribution >= 4 is 28.6 Å². The number of thiophene rings is 1. The van der Waals surface area contributed by atoms with Crippen LogP contribution in [-0.4, -0.2) is 15.1 Å². The highest BCUT2D eigenvalue weighted by molar-refractivity contribution is 7.08. The number of nitro benzene ring substituents is 1. The summed E-state index contributed by atoms with van der Waals surface area (Å²) in [7, 11) is 0. The zero-order chi connectivity index (χ0) is 15.5. The van der Waals surface area contributed by atoms with Gasteiger partial charge in [-0.1, -0.05) is 16.8 Å². The molecule has 0 bridgehead atoms. The molecule has 7 nitrogen and oxygen atoms in total. The van der Waals surface area contributed by atoms with E-state index in [0.717, 1.165) is 5.56 Å². The summed E-state index contributed by atoms with van der Waals surface area (Å²) in [5, 5.41) is 18.8. The van der Waals surface area contributed by atoms with E-state index in [1.165, 1.54) is 29.5 Å². The number of ether oxygens (including phenoxy) is 1. The van der Waals surface area contributed by atoms with Crippen molar-refractivity contribution in [1.29, 1.82) is 0 Å². The molecule has 2 heterocycles. The van der Waals surface area contributed by atoms with Crippen molar-refractivity contribution in [3.05, 3.63) is 56.0 Å². The summed E-state index contributed by atoms with van der Waals surface area (Å²) in [5.74, 6) is 0.771. The van der Waals surface area contributed by atoms with E-state index in [-0.39, 0.29) is 23.1 Å². The van der Waals surface area contributed by atoms with Gasteiger partial charge in [-0.05, 0) is 23.6 Å². The Labute approximate surface area is 133 Å². The molecular weight excluding hydrogens is 330 g/mol. The van der Waals surface area contributed by atoms with E-state index in [2.05, 4.69) is 10.1 Å². The summed E-state index contributed by atoms with van der Waals surface area (Å²) < 4.78 is 10.5. The number of rotatable bonds is 5. The predicted octanol–water partition coefficient (Wildman–Crippen LogP) is 3.94. The van der Waals surface area contributed by atoms with Crippen LogP contribution in [0.3, 0.4) is 0 Å². The van der Waals surface area contributed by atoms with Gasteiger partial charge >= 0.3 is 5.69 Å². The van der Waals surface area contributed by atoms with Crippen molar-refractivity contribution < 1.29 is 14.2 Å². The molecule has 0 unspecified atom stereocenters. The number of halogens is 1. The largest absolute Gasteiger partial charge is 0.478 e. The first-order chi connectivity index (χ1) is 10.6. The molecule has 3 rings (SSSR count). The van der Waals surface area contributed by atoms with Gasteiger partial charge in [-0.3, -0.25) is 10.1 Å². The third-order valence-corrected chi connectivity index (χ3v) is 3.63. The summed E-state index contributed by atoms with van der Waals surface area (Å²) in [6.07, 6.45) is 0. The summed E-state index contributed by atoms with van der Waals surface area (Å²) in [6, 6.07) is 6.02. The number of nitro groups is 1. The molecule has 0 saturated carbocycles. The fourth-order valence-corrected chi connectivity index (χ4v) is 2.51. The molecule has 112 valence electrons. The van der Waals surface area contributed by atoms with Crippen LogP contribution in [0, 0.1) is 10.1 Å². The molecule has 0 atom stereocenters. The summed E-state index contributed by atoms with van der Waals surface area (Å²) in [6.45, 7) is -0.0455. The number of hydrogen-bond donors (Lipinski definition) is 0. The second-order valence-corrected chi connectivity index (χ2v) is 5.40. The molecule has 9 heteroatoms. The second kappa shape index (κ2) is 6.12. The van der Waals surface area contributed by atoms with Crippen LogP contribution in [0.2, 0.25) is 5.02 Å². The van der Waals surface area contributed by atoms with Crippen LogP contribution in [0.5, 0.6) is 5.75 Å². The monoisotopic (exact) mass is 337 g/mol. The van der Waals surface area contributed by atoms with E-state index in [0.29, 0.717) is 11.7 Å². The van der Waals surface area contributed by atoms with Crippen molar-refractivity contribution in [1.82, 2.24) is 10.1 Å². The van der Waals surface area contributed by atoms with Crippen LogP contribution in [0.25, 0.3) is 11.5 Å². The highest BCUT2D eigenvalue weighted by Crippen LogP contribution is 2.30. The predicted molar refractivity (Wildman–Crippen MR) is 80.0 cm³/mol. The molecule has 0 radical (unpaired) electrons. The molecule has 3 aromatic rings. The highest BCUT2D eigenvalue weighted by Gasteiger charge is 2.17. The zero-order valence-corrected chi connectivity index (χ0v) is 12.5. The first-order valence-electron chi connectivity index (χ1n) is 6.05. The van der Waals surface area contributed by atoms with Crippen LogP contribution >= 0.6 is 22.9 Å². The van der Waals surface area contributed by atoms with E-state index < -0.39 is 4.92 Å². The van der Waals surface area contributed by atoms with Crippen molar-refractivity contribution in [2.45, 2.75) is 6.61 Å². The van der Waals surface area contributed by atoms with E-state index >= 15 is 0 Å². The molecule has 2 aromatic heterocycles. The lowest BCUT2D eigenvalue weighted by Gasteiger charge is -2.04. The SMILES string of the molecule is O=[N+]([O-])c1cc(Cl)ccc1OCc1noc(-c2ccsc2)n1. The van der Waals surface area contributed by atoms with E-state index in [4.69, 9.17) is 20.9 Å². The third-order valence-electron chi connectivity index (χ3n) is 2.71. The smallest absolute Gasteiger partial charge is 0.312 e. The minimum Gasteiger partial charge on any atom is -0.478 e. The van der Waals surface area contributed by atoms with Gasteiger partial charge in [0.2, 0.25) is 5.82 Å². The lowest BCUT2D eigenvalue weighted by molar-refractivity contribution is -0.385. The Bertz CT molecular complexity index is 803. The second-order valence-electron chi connectivity index (χ2n) is 4.19. The van der Waals surface area contributed by atoms with Gasteiger partial charge < -0.3 is 9.26 Å². The maximum absolute atomic E-state index is 11.0. The lowest BCUT2D eigenvalue weighted by atomic mass is 10.3. The molecule has 22 heavy (non-hydrogen) atoms. The Hall–Kier alpha value is -2.45. The lowest BCUT2D eigenvalue weighted by Crippen LogP contribution is -2.00. The van der Waals surface area contributed by atoms with Gasteiger partial charge in [0.25, 0.3) is 5.89 Å². The average molecular weight is 338 g/mol. The van der Waals surface area contributed by atoms with E-state index in [9.17, 15) is 10.1 Å². The summed E-state index contributed by atoms with van der Waals surface area (Å²) >= 11 is 7.25. The van der Waals surface area contributed by atoms with E-state index in [1.54, 1.807) is 0 Å². The molecule has 0 spiro atoms.